The van der Waals surface area contributed by atoms with Gasteiger partial charge in [-0.2, -0.15) is 0 Å². The van der Waals surface area contributed by atoms with E-state index in [1.54, 1.807) is 0 Å². The summed E-state index contributed by atoms with van der Waals surface area (Å²) < 4.78 is 6.33. The molecule has 1 aromatic carbocycles. The van der Waals surface area contributed by atoms with Crippen molar-refractivity contribution in [1.29, 1.82) is 0 Å². The molecule has 1 unspecified atom stereocenters. The molecule has 2 heterocycles. The number of nitrogens with two attached hydrogens (primary N) is 1. The third-order valence-electron chi connectivity index (χ3n) is 6.29. The minimum atomic E-state index is -0.356. The van der Waals surface area contributed by atoms with Crippen LogP contribution in [-0.4, -0.2) is 24.6 Å². The van der Waals surface area contributed by atoms with Crippen molar-refractivity contribution in [1.82, 2.24) is 5.32 Å². The Balaban J connectivity index is 1.79. The average molecular weight is 284 g/mol. The number of nitrogens with one attached hydrogen (secondary N) is 1. The molecule has 21 heavy (non-hydrogen) atoms. The van der Waals surface area contributed by atoms with E-state index in [1.807, 2.05) is 12.1 Å². The Labute approximate surface area is 124 Å². The summed E-state index contributed by atoms with van der Waals surface area (Å²) in [4.78, 5) is 11.6. The maximum Gasteiger partial charge on any atom is 0.248 e. The normalized spacial score (nSPS) is 38.6. The smallest absolute Gasteiger partial charge is 0.248 e. The molecule has 4 atom stereocenters. The van der Waals surface area contributed by atoms with Crippen LogP contribution in [0.4, 0.5) is 0 Å². The number of carbonyl (C=O) groups is 1. The van der Waals surface area contributed by atoms with Gasteiger partial charge < -0.3 is 15.8 Å². The molecule has 2 aliphatic heterocycles. The quantitative estimate of drug-likeness (QED) is 0.821. The number of hydrogen-bond donors (Lipinski definition) is 2. The Morgan fingerprint density at radius 2 is 2.29 bits per heavy atom. The monoisotopic (exact) mass is 284 g/mol. The fraction of sp³-hybridized carbons (Fsp3) is 0.588. The Kier molecular flexibility index (Phi) is 2.18. The highest BCUT2D eigenvalue weighted by atomic mass is 16.5. The molecule has 110 valence electrons. The Hall–Kier alpha value is -1.55. The number of carbonyl (C=O) groups excluding carboxylic acids is 1. The van der Waals surface area contributed by atoms with Crippen LogP contribution >= 0.6 is 0 Å². The van der Waals surface area contributed by atoms with Gasteiger partial charge in [-0.05, 0) is 62.3 Å². The molecule has 4 heteroatoms. The van der Waals surface area contributed by atoms with Crippen molar-refractivity contribution in [3.05, 3.63) is 28.8 Å². The van der Waals surface area contributed by atoms with E-state index >= 15 is 0 Å². The van der Waals surface area contributed by atoms with Crippen molar-refractivity contribution < 1.29 is 9.53 Å². The first-order chi connectivity index (χ1) is 10.2. The molecule has 1 saturated carbocycles. The summed E-state index contributed by atoms with van der Waals surface area (Å²) in [5.41, 5.74) is 9.00. The molecule has 0 radical (unpaired) electrons. The molecule has 1 aromatic rings. The highest BCUT2D eigenvalue weighted by Gasteiger charge is 2.61. The fourth-order valence-corrected chi connectivity index (χ4v) is 5.63. The van der Waals surface area contributed by atoms with E-state index in [0.717, 1.165) is 31.6 Å². The van der Waals surface area contributed by atoms with E-state index in [9.17, 15) is 4.79 Å². The Morgan fingerprint density at radius 1 is 1.38 bits per heavy atom. The molecule has 3 N–H and O–H groups in total. The molecule has 4 nitrogen and oxygen atoms in total. The molecule has 1 saturated heterocycles. The summed E-state index contributed by atoms with van der Waals surface area (Å²) in [5.74, 6) is 1.28. The maximum atomic E-state index is 11.6. The van der Waals surface area contributed by atoms with Gasteiger partial charge in [0.15, 0.2) is 0 Å². The lowest BCUT2D eigenvalue weighted by molar-refractivity contribution is 0.00338. The standard InChI is InChI=1S/C17H20N2O2/c18-16(20)10-6-9-7-12-11-2-1-3-14-17(11,4-5-19-12)15(9)13(8-10)21-14/h6,8,11-12,14,19H,1-5,7H2,(H2,18,20)/t11-,12+,14?,17+/m0/s1. The van der Waals surface area contributed by atoms with E-state index in [-0.39, 0.29) is 11.3 Å². The maximum absolute atomic E-state index is 11.6. The molecule has 2 fully saturated rings. The van der Waals surface area contributed by atoms with Crippen molar-refractivity contribution in [2.45, 2.75) is 49.7 Å². The van der Waals surface area contributed by atoms with Crippen LogP contribution in [0.1, 0.15) is 47.2 Å². The number of ether oxygens (including phenoxy) is 1. The molecule has 1 amide bonds. The second kappa shape index (κ2) is 3.80. The molecule has 0 aromatic heterocycles. The average Bonchev–Trinajstić information content (AvgIpc) is 2.78. The lowest BCUT2D eigenvalue weighted by atomic mass is 9.52. The fourth-order valence-electron chi connectivity index (χ4n) is 5.63. The van der Waals surface area contributed by atoms with Crippen LogP contribution in [0.3, 0.4) is 0 Å². The highest BCUT2D eigenvalue weighted by Crippen LogP contribution is 2.60. The molecule has 2 aliphatic carbocycles. The minimum Gasteiger partial charge on any atom is -0.489 e. The first-order valence-corrected chi connectivity index (χ1v) is 8.07. The molecule has 5 rings (SSSR count). The van der Waals surface area contributed by atoms with Crippen molar-refractivity contribution >= 4 is 5.91 Å². The van der Waals surface area contributed by atoms with Gasteiger partial charge in [-0.1, -0.05) is 0 Å². The third-order valence-corrected chi connectivity index (χ3v) is 6.29. The zero-order valence-corrected chi connectivity index (χ0v) is 12.0. The highest BCUT2D eigenvalue weighted by molar-refractivity contribution is 5.94. The van der Waals surface area contributed by atoms with E-state index in [1.165, 1.54) is 24.0 Å². The topological polar surface area (TPSA) is 64.4 Å². The van der Waals surface area contributed by atoms with Gasteiger partial charge in [0.25, 0.3) is 0 Å². The minimum absolute atomic E-state index is 0.202. The van der Waals surface area contributed by atoms with E-state index in [4.69, 9.17) is 10.5 Å². The van der Waals surface area contributed by atoms with Gasteiger partial charge >= 0.3 is 0 Å². The predicted molar refractivity (Wildman–Crippen MR) is 78.5 cm³/mol. The predicted octanol–water partition coefficient (Wildman–Crippen LogP) is 1.50. The zero-order valence-electron chi connectivity index (χ0n) is 12.0. The number of rotatable bonds is 1. The number of primary amides is 1. The number of hydrogen-bond acceptors (Lipinski definition) is 3. The molecule has 1 spiro atoms. The lowest BCUT2D eigenvalue weighted by Crippen LogP contribution is -2.63. The Morgan fingerprint density at radius 3 is 3.14 bits per heavy atom. The SMILES string of the molecule is NC(=O)c1cc2c3c(c1)OC1CCC[C@H]4[C@@H](C2)NCC[C@]314. The van der Waals surface area contributed by atoms with Gasteiger partial charge in [0.05, 0.1) is 0 Å². The van der Waals surface area contributed by atoms with Gasteiger partial charge in [0.1, 0.15) is 11.9 Å². The lowest BCUT2D eigenvalue weighted by Gasteiger charge is -2.55. The molecule has 2 bridgehead atoms. The third kappa shape index (κ3) is 1.32. The second-order valence-electron chi connectivity index (χ2n) is 7.07. The van der Waals surface area contributed by atoms with Crippen LogP contribution in [0, 0.1) is 5.92 Å². The van der Waals surface area contributed by atoms with Crippen molar-refractivity contribution in [3.8, 4) is 5.75 Å². The van der Waals surface area contributed by atoms with E-state index < -0.39 is 0 Å². The van der Waals surface area contributed by atoms with Gasteiger partial charge in [-0.15, -0.1) is 0 Å². The second-order valence-corrected chi connectivity index (χ2v) is 7.07. The van der Waals surface area contributed by atoms with Crippen LogP contribution in [0.15, 0.2) is 12.1 Å². The number of piperidine rings is 1. The first kappa shape index (κ1) is 12.0. The summed E-state index contributed by atoms with van der Waals surface area (Å²) in [6.45, 7) is 1.08. The number of amides is 1. The molecular formula is C17H20N2O2. The van der Waals surface area contributed by atoms with E-state index in [2.05, 4.69) is 5.32 Å². The van der Waals surface area contributed by atoms with Gasteiger partial charge in [-0.25, -0.2) is 0 Å². The first-order valence-electron chi connectivity index (χ1n) is 8.07. The van der Waals surface area contributed by atoms with Crippen LogP contribution in [0.25, 0.3) is 0 Å². The van der Waals surface area contributed by atoms with Crippen LogP contribution in [0.5, 0.6) is 5.75 Å². The van der Waals surface area contributed by atoms with Crippen LogP contribution in [0.2, 0.25) is 0 Å². The van der Waals surface area contributed by atoms with Crippen molar-refractivity contribution in [3.63, 3.8) is 0 Å². The van der Waals surface area contributed by atoms with Crippen LogP contribution < -0.4 is 15.8 Å². The largest absolute Gasteiger partial charge is 0.489 e. The van der Waals surface area contributed by atoms with Crippen LogP contribution in [-0.2, 0) is 11.8 Å². The van der Waals surface area contributed by atoms with Gasteiger partial charge in [0.2, 0.25) is 5.91 Å². The summed E-state index contributed by atoms with van der Waals surface area (Å²) >= 11 is 0. The van der Waals surface area contributed by atoms with E-state index in [0.29, 0.717) is 23.6 Å². The molecule has 4 aliphatic rings. The van der Waals surface area contributed by atoms with Crippen molar-refractivity contribution in [2.24, 2.45) is 11.7 Å². The number of benzene rings is 1. The summed E-state index contributed by atoms with van der Waals surface area (Å²) in [5, 5.41) is 3.71. The van der Waals surface area contributed by atoms with Gasteiger partial charge in [-0.3, -0.25) is 4.79 Å². The summed E-state index contributed by atoms with van der Waals surface area (Å²) in [7, 11) is 0. The molecular weight excluding hydrogens is 264 g/mol. The summed E-state index contributed by atoms with van der Waals surface area (Å²) in [6.07, 6.45) is 6.16. The Bertz CT molecular complexity index is 656. The van der Waals surface area contributed by atoms with Gasteiger partial charge in [0, 0.05) is 22.6 Å². The van der Waals surface area contributed by atoms with Crippen molar-refractivity contribution in [2.75, 3.05) is 6.54 Å². The zero-order chi connectivity index (χ0) is 14.2. The summed E-state index contributed by atoms with van der Waals surface area (Å²) in [6, 6.07) is 4.43.